The Kier molecular flexibility index (Phi) is 6.10. The predicted octanol–water partition coefficient (Wildman–Crippen LogP) is 5.45. The molecule has 3 N–H and O–H groups in total. The van der Waals surface area contributed by atoms with E-state index >= 15 is 0 Å². The Morgan fingerprint density at radius 2 is 1.81 bits per heavy atom. The first-order chi connectivity index (χ1) is 16.8. The van der Waals surface area contributed by atoms with Crippen LogP contribution in [-0.2, 0) is 6.18 Å². The second kappa shape index (κ2) is 8.65. The van der Waals surface area contributed by atoms with Crippen LogP contribution in [0.25, 0.3) is 11.3 Å². The molecule has 11 heteroatoms. The highest BCUT2D eigenvalue weighted by Gasteiger charge is 2.55. The van der Waals surface area contributed by atoms with Crippen LogP contribution in [0.15, 0.2) is 18.5 Å². The molecule has 2 atom stereocenters. The normalized spacial score (nSPS) is 29.2. The fourth-order valence-corrected chi connectivity index (χ4v) is 6.36. The van der Waals surface area contributed by atoms with Gasteiger partial charge in [-0.2, -0.15) is 13.2 Å². The van der Waals surface area contributed by atoms with Gasteiger partial charge in [-0.1, -0.05) is 13.8 Å². The van der Waals surface area contributed by atoms with Crippen molar-refractivity contribution in [2.45, 2.75) is 82.2 Å². The zero-order valence-corrected chi connectivity index (χ0v) is 20.4. The zero-order chi connectivity index (χ0) is 26.0. The van der Waals surface area contributed by atoms with E-state index in [0.29, 0.717) is 24.8 Å². The molecule has 4 aliphatic rings. The number of nitrogen functional groups attached to an aromatic ring is 1. The number of aliphatic hydroxyl groups is 1. The summed E-state index contributed by atoms with van der Waals surface area (Å²) in [7, 11) is 0. The van der Waals surface area contributed by atoms with Crippen molar-refractivity contribution < 1.29 is 27.1 Å². The Hall–Kier alpha value is -2.27. The molecule has 0 aromatic carbocycles. The number of pyridine rings is 1. The summed E-state index contributed by atoms with van der Waals surface area (Å²) < 4.78 is 69.8. The van der Waals surface area contributed by atoms with Crippen molar-refractivity contribution in [3.63, 3.8) is 0 Å². The molecule has 2 aromatic rings. The van der Waals surface area contributed by atoms with Gasteiger partial charge >= 0.3 is 6.18 Å². The zero-order valence-electron chi connectivity index (χ0n) is 20.4. The molecule has 0 amide bonds. The first-order valence-electron chi connectivity index (χ1n) is 12.5. The average molecular weight is 514 g/mol. The number of likely N-dealkylation sites (tertiary alicyclic amines) is 1. The molecule has 0 radical (unpaired) electrons. The van der Waals surface area contributed by atoms with Gasteiger partial charge in [0.2, 0.25) is 0 Å². The van der Waals surface area contributed by atoms with Gasteiger partial charge in [0, 0.05) is 55.5 Å². The van der Waals surface area contributed by atoms with E-state index in [4.69, 9.17) is 5.73 Å². The van der Waals surface area contributed by atoms with Crippen LogP contribution in [-0.4, -0.2) is 49.1 Å². The summed E-state index contributed by atoms with van der Waals surface area (Å²) in [5.41, 5.74) is 4.74. The minimum atomic E-state index is -4.65. The topological polar surface area (TPSA) is 80.2 Å². The quantitative estimate of drug-likeness (QED) is 0.520. The molecular formula is C25H32F5N5O. The Morgan fingerprint density at radius 1 is 1.14 bits per heavy atom. The van der Waals surface area contributed by atoms with E-state index in [2.05, 4.69) is 14.9 Å². The standard InChI is InChI=1S/C25H32F5N5O/c1-14(2)20(36)22-33-19(16-8-18(25(28,29)30)21(31)32-12-16)13-35(22)17-7-15-9-23(10-15,11-17)34-5-3-24(26,27)4-6-34/h8,12-15,17,20,36H,3-7,9-11H2,1-2H3,(H2,31,32). The molecule has 6 rings (SSSR count). The SMILES string of the molecule is CC(C)C(O)c1nc(-c2cnc(N)c(C(F)(F)F)c2)cn1C1CC2CC(N3CCC(F)(F)CC3)(C2)C1. The van der Waals surface area contributed by atoms with Crippen LogP contribution >= 0.6 is 0 Å². The summed E-state index contributed by atoms with van der Waals surface area (Å²) in [6.07, 6.45) is 0.640. The van der Waals surface area contributed by atoms with Crippen LogP contribution in [0.2, 0.25) is 0 Å². The number of nitrogens with two attached hydrogens (primary N) is 1. The Balaban J connectivity index is 1.48. The van der Waals surface area contributed by atoms with Crippen LogP contribution < -0.4 is 5.73 Å². The number of anilines is 1. The minimum absolute atomic E-state index is 0.0339. The fraction of sp³-hybridized carbons (Fsp3) is 0.680. The van der Waals surface area contributed by atoms with Gasteiger partial charge in [-0.25, -0.2) is 18.7 Å². The number of nitrogens with zero attached hydrogens (tertiary/aromatic N) is 4. The van der Waals surface area contributed by atoms with Gasteiger partial charge in [0.15, 0.2) is 0 Å². The van der Waals surface area contributed by atoms with Gasteiger partial charge in [-0.05, 0) is 43.6 Å². The summed E-state index contributed by atoms with van der Waals surface area (Å²) >= 11 is 0. The van der Waals surface area contributed by atoms with Crippen LogP contribution in [0.3, 0.4) is 0 Å². The van der Waals surface area contributed by atoms with Gasteiger partial charge in [0.25, 0.3) is 5.92 Å². The molecule has 3 aliphatic carbocycles. The van der Waals surface area contributed by atoms with Crippen molar-refractivity contribution in [1.82, 2.24) is 19.4 Å². The maximum absolute atomic E-state index is 13.8. The number of fused-ring (bicyclic) bond motifs is 2. The molecule has 3 saturated carbocycles. The van der Waals surface area contributed by atoms with Gasteiger partial charge in [0.05, 0.1) is 11.3 Å². The van der Waals surface area contributed by atoms with Crippen LogP contribution in [0.4, 0.5) is 27.8 Å². The minimum Gasteiger partial charge on any atom is -0.385 e. The Bertz CT molecular complexity index is 1110. The lowest BCUT2D eigenvalue weighted by molar-refractivity contribution is -0.137. The van der Waals surface area contributed by atoms with E-state index in [1.165, 1.54) is 6.20 Å². The van der Waals surface area contributed by atoms with Crippen LogP contribution in [0, 0.1) is 11.8 Å². The van der Waals surface area contributed by atoms with E-state index in [1.54, 1.807) is 6.20 Å². The van der Waals surface area contributed by atoms with E-state index in [1.807, 2.05) is 18.4 Å². The van der Waals surface area contributed by atoms with Crippen LogP contribution in [0.5, 0.6) is 0 Å². The van der Waals surface area contributed by atoms with Crippen molar-refractivity contribution in [3.8, 4) is 11.3 Å². The fourth-order valence-electron chi connectivity index (χ4n) is 6.36. The number of alkyl halides is 5. The molecule has 36 heavy (non-hydrogen) atoms. The highest BCUT2D eigenvalue weighted by Crippen LogP contribution is 2.57. The molecule has 4 fully saturated rings. The number of hydrogen-bond acceptors (Lipinski definition) is 5. The summed E-state index contributed by atoms with van der Waals surface area (Å²) in [5.74, 6) is -2.53. The maximum Gasteiger partial charge on any atom is 0.419 e. The Labute approximate surface area is 206 Å². The third-order valence-corrected chi connectivity index (χ3v) is 8.29. The smallest absolute Gasteiger partial charge is 0.385 e. The van der Waals surface area contributed by atoms with Crippen molar-refractivity contribution in [2.75, 3.05) is 18.8 Å². The molecule has 3 heterocycles. The number of rotatable bonds is 5. The first kappa shape index (κ1) is 25.4. The van der Waals surface area contributed by atoms with Gasteiger partial charge in [0.1, 0.15) is 17.7 Å². The third-order valence-electron chi connectivity index (χ3n) is 8.29. The molecule has 6 nitrogen and oxygen atoms in total. The van der Waals surface area contributed by atoms with Crippen molar-refractivity contribution >= 4 is 5.82 Å². The number of aliphatic hydroxyl groups excluding tert-OH is 1. The lowest BCUT2D eigenvalue weighted by atomic mass is 9.56. The molecule has 2 bridgehead atoms. The maximum atomic E-state index is 13.8. The lowest BCUT2D eigenvalue weighted by Gasteiger charge is -2.61. The number of aromatic nitrogens is 3. The highest BCUT2D eigenvalue weighted by molar-refractivity contribution is 5.62. The number of hydrogen-bond donors (Lipinski definition) is 2. The van der Waals surface area contributed by atoms with Crippen molar-refractivity contribution in [1.29, 1.82) is 0 Å². The monoisotopic (exact) mass is 513 g/mol. The third kappa shape index (κ3) is 4.49. The lowest BCUT2D eigenvalue weighted by Crippen LogP contribution is -2.63. The predicted molar refractivity (Wildman–Crippen MR) is 124 cm³/mol. The molecule has 0 spiro atoms. The number of piperidine rings is 1. The summed E-state index contributed by atoms with van der Waals surface area (Å²) in [4.78, 5) is 10.5. The van der Waals surface area contributed by atoms with E-state index < -0.39 is 29.6 Å². The summed E-state index contributed by atoms with van der Waals surface area (Å²) in [6, 6.07) is 0.905. The van der Waals surface area contributed by atoms with Crippen molar-refractivity contribution in [2.24, 2.45) is 11.8 Å². The molecule has 2 unspecified atom stereocenters. The average Bonchev–Trinajstić information content (AvgIpc) is 3.23. The van der Waals surface area contributed by atoms with Gasteiger partial charge in [-0.3, -0.25) is 4.90 Å². The molecule has 1 saturated heterocycles. The largest absolute Gasteiger partial charge is 0.419 e. The number of imidazole rings is 1. The van der Waals surface area contributed by atoms with Crippen LogP contribution in [0.1, 0.15) is 75.9 Å². The number of halogens is 5. The molecule has 2 aromatic heterocycles. The van der Waals surface area contributed by atoms with E-state index in [9.17, 15) is 27.1 Å². The van der Waals surface area contributed by atoms with Gasteiger partial charge < -0.3 is 15.4 Å². The first-order valence-corrected chi connectivity index (χ1v) is 12.5. The second-order valence-corrected chi connectivity index (χ2v) is 11.2. The summed E-state index contributed by atoms with van der Waals surface area (Å²) in [5, 5.41) is 11.0. The Morgan fingerprint density at radius 3 is 2.42 bits per heavy atom. The van der Waals surface area contributed by atoms with Gasteiger partial charge in [-0.15, -0.1) is 0 Å². The molecular weight excluding hydrogens is 481 g/mol. The summed E-state index contributed by atoms with van der Waals surface area (Å²) in [6.45, 7) is 4.42. The molecule has 1 aliphatic heterocycles. The van der Waals surface area contributed by atoms with E-state index in [-0.39, 0.29) is 41.6 Å². The van der Waals surface area contributed by atoms with Crippen molar-refractivity contribution in [3.05, 3.63) is 29.8 Å². The van der Waals surface area contributed by atoms with E-state index in [0.717, 1.165) is 31.7 Å². The molecule has 198 valence electrons. The highest BCUT2D eigenvalue weighted by atomic mass is 19.4. The second-order valence-electron chi connectivity index (χ2n) is 11.2.